The maximum atomic E-state index is 13.3. The van der Waals surface area contributed by atoms with E-state index in [2.05, 4.69) is 10.6 Å². The van der Waals surface area contributed by atoms with Crippen LogP contribution in [0.25, 0.3) is 5.57 Å². The minimum absolute atomic E-state index is 0.0441. The van der Waals surface area contributed by atoms with Crippen LogP contribution in [0.3, 0.4) is 0 Å². The number of hydrogen-bond acceptors (Lipinski definition) is 8. The van der Waals surface area contributed by atoms with Crippen LogP contribution < -0.4 is 30.6 Å². The van der Waals surface area contributed by atoms with Crippen molar-refractivity contribution in [2.45, 2.75) is 51.5 Å². The van der Waals surface area contributed by atoms with Crippen molar-refractivity contribution in [2.75, 3.05) is 34.4 Å². The number of aryl methyl sites for hydroxylation is 1. The minimum Gasteiger partial charge on any atom is -0.493 e. The molecule has 0 bridgehead atoms. The van der Waals surface area contributed by atoms with Gasteiger partial charge >= 0.3 is 5.97 Å². The fourth-order valence-corrected chi connectivity index (χ4v) is 4.83. The van der Waals surface area contributed by atoms with Gasteiger partial charge in [0, 0.05) is 36.7 Å². The van der Waals surface area contributed by atoms with E-state index in [4.69, 9.17) is 25.1 Å². The Labute approximate surface area is 222 Å². The van der Waals surface area contributed by atoms with Crippen LogP contribution >= 0.6 is 0 Å². The summed E-state index contributed by atoms with van der Waals surface area (Å²) in [5, 5.41) is 15.1. The molecule has 1 aromatic carbocycles. The molecular weight excluding hydrogens is 490 g/mol. The lowest BCUT2D eigenvalue weighted by atomic mass is 9.91. The lowest BCUT2D eigenvalue weighted by molar-refractivity contribution is -0.138. The van der Waals surface area contributed by atoms with Gasteiger partial charge in [0.1, 0.15) is 6.04 Å². The van der Waals surface area contributed by atoms with Crippen molar-refractivity contribution >= 4 is 23.2 Å². The monoisotopic (exact) mass is 527 g/mol. The SMILES string of the molecule is COc1cc2c(c(OC)c1OC)C1=CC=C(CNCCCCC(N)C(=O)O)C(=O)CC1=C(NC(C)=O)CC2. The van der Waals surface area contributed by atoms with E-state index in [0.29, 0.717) is 67.3 Å². The third-order valence-electron chi connectivity index (χ3n) is 6.74. The average Bonchev–Trinajstić information content (AvgIpc) is 3.13. The molecule has 3 rings (SSSR count). The fraction of sp³-hybridized carbons (Fsp3) is 0.464. The molecule has 1 atom stereocenters. The highest BCUT2D eigenvalue weighted by molar-refractivity contribution is 6.04. The zero-order valence-electron chi connectivity index (χ0n) is 22.4. The fourth-order valence-electron chi connectivity index (χ4n) is 4.83. The molecule has 1 aromatic rings. The molecule has 38 heavy (non-hydrogen) atoms. The molecule has 0 spiro atoms. The first-order valence-electron chi connectivity index (χ1n) is 12.7. The van der Waals surface area contributed by atoms with Crippen LogP contribution in [0, 0.1) is 0 Å². The van der Waals surface area contributed by atoms with E-state index >= 15 is 0 Å². The Bertz CT molecular complexity index is 1180. The first-order valence-corrected chi connectivity index (χ1v) is 12.7. The second-order valence-electron chi connectivity index (χ2n) is 9.31. The zero-order valence-corrected chi connectivity index (χ0v) is 22.4. The number of carboxylic acids is 1. The van der Waals surface area contributed by atoms with Gasteiger partial charge in [0.15, 0.2) is 17.3 Å². The molecule has 206 valence electrons. The van der Waals surface area contributed by atoms with Gasteiger partial charge in [0.2, 0.25) is 11.7 Å². The van der Waals surface area contributed by atoms with E-state index in [1.807, 2.05) is 18.2 Å². The number of ether oxygens (including phenoxy) is 3. The van der Waals surface area contributed by atoms with Crippen molar-refractivity contribution in [2.24, 2.45) is 5.73 Å². The molecule has 10 nitrogen and oxygen atoms in total. The number of nitrogens with one attached hydrogen (secondary N) is 2. The van der Waals surface area contributed by atoms with Gasteiger partial charge in [-0.05, 0) is 55.0 Å². The first-order chi connectivity index (χ1) is 18.2. The summed E-state index contributed by atoms with van der Waals surface area (Å²) < 4.78 is 17.0. The van der Waals surface area contributed by atoms with Gasteiger partial charge < -0.3 is 35.7 Å². The number of hydrogen-bond donors (Lipinski definition) is 4. The van der Waals surface area contributed by atoms with E-state index < -0.39 is 12.0 Å². The molecular formula is C28H37N3O7. The van der Waals surface area contributed by atoms with E-state index in [0.717, 1.165) is 28.7 Å². The van der Waals surface area contributed by atoms with Crippen molar-refractivity contribution in [3.63, 3.8) is 0 Å². The van der Waals surface area contributed by atoms with Gasteiger partial charge in [-0.15, -0.1) is 0 Å². The standard InChI is InChI=1S/C28H37N3O7/c1-16(32)31-22-11-9-17-13-24(36-2)26(37-3)27(38-4)25(17)19-10-8-18(23(33)14-20(19)22)15-30-12-6-5-7-21(29)28(34)35/h8,10,13,21,30H,5-7,9,11-12,14-15,29H2,1-4H3,(H,31,32)(H,34,35). The number of nitrogens with two attached hydrogens (primary N) is 1. The quantitative estimate of drug-likeness (QED) is 0.301. The zero-order chi connectivity index (χ0) is 27.8. The number of fused-ring (bicyclic) bond motifs is 3. The summed E-state index contributed by atoms with van der Waals surface area (Å²) >= 11 is 0. The maximum absolute atomic E-state index is 13.3. The Hall–Kier alpha value is -3.63. The Balaban J connectivity index is 1.93. The van der Waals surface area contributed by atoms with Crippen molar-refractivity contribution < 1.29 is 33.7 Å². The summed E-state index contributed by atoms with van der Waals surface area (Å²) in [6.45, 7) is 2.45. The number of benzene rings is 1. The second-order valence-corrected chi connectivity index (χ2v) is 9.31. The van der Waals surface area contributed by atoms with E-state index in [-0.39, 0.29) is 18.1 Å². The van der Waals surface area contributed by atoms with Crippen molar-refractivity contribution in [1.29, 1.82) is 0 Å². The molecule has 0 saturated carbocycles. The number of carbonyl (C=O) groups excluding carboxylic acids is 2. The van der Waals surface area contributed by atoms with Gasteiger partial charge in [-0.1, -0.05) is 18.6 Å². The molecule has 0 fully saturated rings. The van der Waals surface area contributed by atoms with Gasteiger partial charge in [-0.25, -0.2) is 0 Å². The smallest absolute Gasteiger partial charge is 0.320 e. The molecule has 1 amide bonds. The van der Waals surface area contributed by atoms with Crippen molar-refractivity contribution in [3.8, 4) is 17.2 Å². The molecule has 0 radical (unpaired) electrons. The highest BCUT2D eigenvalue weighted by Gasteiger charge is 2.31. The number of ketones is 1. The van der Waals surface area contributed by atoms with E-state index in [1.165, 1.54) is 6.92 Å². The van der Waals surface area contributed by atoms with E-state index in [9.17, 15) is 14.4 Å². The number of aliphatic carboxylic acids is 1. The lowest BCUT2D eigenvalue weighted by Crippen LogP contribution is -2.30. The topological polar surface area (TPSA) is 149 Å². The highest BCUT2D eigenvalue weighted by Crippen LogP contribution is 2.49. The Morgan fingerprint density at radius 1 is 1.08 bits per heavy atom. The van der Waals surface area contributed by atoms with Crippen LogP contribution in [-0.2, 0) is 20.8 Å². The Morgan fingerprint density at radius 2 is 1.82 bits per heavy atom. The predicted molar refractivity (Wildman–Crippen MR) is 143 cm³/mol. The van der Waals surface area contributed by atoms with Crippen LogP contribution in [0.5, 0.6) is 17.2 Å². The largest absolute Gasteiger partial charge is 0.493 e. The number of Topliss-reactive ketones (excluding diaryl/α,β-unsaturated/α-hetero) is 1. The molecule has 2 aliphatic rings. The maximum Gasteiger partial charge on any atom is 0.320 e. The number of rotatable bonds is 12. The van der Waals surface area contributed by atoms with Crippen LogP contribution in [-0.4, -0.2) is 63.2 Å². The molecule has 0 aliphatic heterocycles. The molecule has 5 N–H and O–H groups in total. The number of amides is 1. The number of carbonyl (C=O) groups is 3. The molecule has 2 aliphatic carbocycles. The molecule has 0 aromatic heterocycles. The molecule has 10 heteroatoms. The van der Waals surface area contributed by atoms with Crippen LogP contribution in [0.1, 0.15) is 50.2 Å². The molecule has 0 heterocycles. The number of carboxylic acid groups (broad SMARTS) is 1. The van der Waals surface area contributed by atoms with Gasteiger partial charge in [0.05, 0.1) is 21.3 Å². The second kappa shape index (κ2) is 13.3. The Morgan fingerprint density at radius 3 is 2.45 bits per heavy atom. The minimum atomic E-state index is -1.00. The van der Waals surface area contributed by atoms with Crippen molar-refractivity contribution in [1.82, 2.24) is 10.6 Å². The molecule has 1 unspecified atom stereocenters. The summed E-state index contributed by atoms with van der Waals surface area (Å²) in [4.78, 5) is 36.2. The lowest BCUT2D eigenvalue weighted by Gasteiger charge is -2.21. The Kier molecular flexibility index (Phi) is 10.1. The van der Waals surface area contributed by atoms with Gasteiger partial charge in [-0.2, -0.15) is 0 Å². The van der Waals surface area contributed by atoms with Crippen molar-refractivity contribution in [3.05, 3.63) is 46.2 Å². The third-order valence-corrected chi connectivity index (χ3v) is 6.74. The summed E-state index contributed by atoms with van der Waals surface area (Å²) in [5.74, 6) is 0.270. The number of unbranched alkanes of at least 4 members (excludes halogenated alkanes) is 1. The van der Waals surface area contributed by atoms with Crippen LogP contribution in [0.2, 0.25) is 0 Å². The number of methoxy groups -OCH3 is 3. The predicted octanol–water partition coefficient (Wildman–Crippen LogP) is 2.50. The highest BCUT2D eigenvalue weighted by atomic mass is 16.5. The summed E-state index contributed by atoms with van der Waals surface area (Å²) in [5.41, 5.74) is 10.2. The number of allylic oxidation sites excluding steroid dienone is 5. The third kappa shape index (κ3) is 6.62. The molecule has 0 saturated heterocycles. The van der Waals surface area contributed by atoms with Crippen LogP contribution in [0.15, 0.2) is 35.1 Å². The summed E-state index contributed by atoms with van der Waals surface area (Å²) in [6.07, 6.45) is 6.81. The van der Waals surface area contributed by atoms with E-state index in [1.54, 1.807) is 21.3 Å². The first kappa shape index (κ1) is 28.9. The van der Waals surface area contributed by atoms with Crippen LogP contribution in [0.4, 0.5) is 0 Å². The summed E-state index contributed by atoms with van der Waals surface area (Å²) in [7, 11) is 4.68. The van der Waals surface area contributed by atoms with Gasteiger partial charge in [-0.3, -0.25) is 14.4 Å². The van der Waals surface area contributed by atoms with Gasteiger partial charge in [0.25, 0.3) is 0 Å². The average molecular weight is 528 g/mol. The normalized spacial score (nSPS) is 15.8. The summed E-state index contributed by atoms with van der Waals surface area (Å²) in [6, 6.07) is 1.06.